The van der Waals surface area contributed by atoms with Crippen LogP contribution in [0.1, 0.15) is 15.4 Å². The number of carbonyl (C=O) groups is 2. The van der Waals surface area contributed by atoms with Gasteiger partial charge >= 0.3 is 0 Å². The second-order valence-electron chi connectivity index (χ2n) is 5.32. The summed E-state index contributed by atoms with van der Waals surface area (Å²) in [6.07, 6.45) is 0. The number of nitrogens with zero attached hydrogens (tertiary/aromatic N) is 2. The summed E-state index contributed by atoms with van der Waals surface area (Å²) >= 11 is 10.2. The molecule has 2 amide bonds. The average molecular weight is 433 g/mol. The van der Waals surface area contributed by atoms with Gasteiger partial charge in [-0.2, -0.15) is 0 Å². The number of anilines is 1. The Morgan fingerprint density at radius 1 is 1.31 bits per heavy atom. The zero-order valence-electron chi connectivity index (χ0n) is 13.7. The molecule has 2 N–H and O–H groups in total. The van der Waals surface area contributed by atoms with Gasteiger partial charge in [-0.15, -0.1) is 34.4 Å². The van der Waals surface area contributed by atoms with Crippen LogP contribution in [0.3, 0.4) is 0 Å². The molecule has 1 saturated heterocycles. The summed E-state index contributed by atoms with van der Waals surface area (Å²) in [4.78, 5) is 31.4. The predicted molar refractivity (Wildman–Crippen MR) is 106 cm³/mol. The maximum Gasteiger partial charge on any atom is 0.289 e. The van der Waals surface area contributed by atoms with E-state index in [4.69, 9.17) is 16.3 Å². The molecule has 0 atom stereocenters. The summed E-state index contributed by atoms with van der Waals surface area (Å²) in [5, 5.41) is 2.47. The first kappa shape index (κ1) is 19.4. The molecule has 3 rings (SSSR count). The molecule has 0 radical (unpaired) electrons. The molecule has 0 spiro atoms. The van der Waals surface area contributed by atoms with E-state index in [1.54, 1.807) is 5.38 Å². The van der Waals surface area contributed by atoms with Gasteiger partial charge in [-0.3, -0.25) is 20.4 Å². The molecule has 11 heteroatoms. The largest absolute Gasteiger partial charge is 0.378 e. The van der Waals surface area contributed by atoms with Crippen molar-refractivity contribution in [2.24, 2.45) is 0 Å². The number of nitrogens with one attached hydrogen (secondary N) is 2. The normalized spacial score (nSPS) is 14.3. The number of carbonyl (C=O) groups excluding carboxylic acids is 2. The predicted octanol–water partition coefficient (Wildman–Crippen LogP) is 2.39. The Bertz CT molecular complexity index is 761. The lowest BCUT2D eigenvalue weighted by Crippen LogP contribution is -2.42. The van der Waals surface area contributed by atoms with Crippen molar-refractivity contribution in [3.8, 4) is 0 Å². The van der Waals surface area contributed by atoms with Gasteiger partial charge in [0.15, 0.2) is 5.13 Å². The maximum absolute atomic E-state index is 12.1. The highest BCUT2D eigenvalue weighted by atomic mass is 35.5. The Morgan fingerprint density at radius 3 is 2.85 bits per heavy atom. The number of halogens is 1. The molecule has 7 nitrogen and oxygen atoms in total. The lowest BCUT2D eigenvalue weighted by Gasteiger charge is -2.25. The third-order valence-electron chi connectivity index (χ3n) is 3.43. The fourth-order valence-electron chi connectivity index (χ4n) is 2.17. The summed E-state index contributed by atoms with van der Waals surface area (Å²) in [5.74, 6) is 0.249. The summed E-state index contributed by atoms with van der Waals surface area (Å²) in [6, 6.07) is 3.77. The number of hydrogen-bond donors (Lipinski definition) is 2. The van der Waals surface area contributed by atoms with Crippen LogP contribution in [0.5, 0.6) is 0 Å². The number of thioether (sulfide) groups is 1. The number of hydrogen-bond acceptors (Lipinski definition) is 8. The van der Waals surface area contributed by atoms with Crippen LogP contribution in [0.4, 0.5) is 5.13 Å². The van der Waals surface area contributed by atoms with Crippen molar-refractivity contribution >= 4 is 63.0 Å². The Morgan fingerprint density at radius 2 is 2.12 bits per heavy atom. The molecule has 0 bridgehead atoms. The molecule has 3 heterocycles. The van der Waals surface area contributed by atoms with E-state index in [2.05, 4.69) is 20.7 Å². The van der Waals surface area contributed by atoms with Gasteiger partial charge in [0.05, 0.1) is 23.3 Å². The number of hydrazine groups is 1. The van der Waals surface area contributed by atoms with Gasteiger partial charge in [-0.05, 0) is 12.1 Å². The molecule has 0 unspecified atom stereocenters. The second kappa shape index (κ2) is 9.56. The van der Waals surface area contributed by atoms with Crippen LogP contribution in [0.25, 0.3) is 0 Å². The molecule has 1 fully saturated rings. The first-order valence-corrected chi connectivity index (χ1v) is 11.0. The topological polar surface area (TPSA) is 83.6 Å². The molecule has 0 saturated carbocycles. The van der Waals surface area contributed by atoms with Gasteiger partial charge in [0, 0.05) is 29.1 Å². The molecule has 1 aliphatic heterocycles. The Balaban J connectivity index is 1.39. The second-order valence-corrected chi connectivity index (χ2v) is 8.94. The lowest BCUT2D eigenvalue weighted by molar-refractivity contribution is -0.119. The molecular formula is C15H17ClN4O3S3. The minimum absolute atomic E-state index is 0.242. The SMILES string of the molecule is O=C(CSCc1ccc(Cl)s1)NNC(=O)c1csc(N2CCOCC2)n1. The zero-order chi connectivity index (χ0) is 18.4. The number of morpholine rings is 1. The van der Waals surface area contributed by atoms with E-state index in [9.17, 15) is 9.59 Å². The standard InChI is InChI=1S/C15H17ClN4O3S3/c16-12-2-1-10(26-12)7-24-9-13(21)18-19-14(22)11-8-25-15(17-11)20-3-5-23-6-4-20/h1-2,8H,3-7,9H2,(H,18,21)(H,19,22). The highest BCUT2D eigenvalue weighted by Crippen LogP contribution is 2.25. The van der Waals surface area contributed by atoms with Crippen molar-refractivity contribution in [2.75, 3.05) is 37.0 Å². The monoisotopic (exact) mass is 432 g/mol. The number of ether oxygens (including phenoxy) is 1. The van der Waals surface area contributed by atoms with Gasteiger partial charge in [0.2, 0.25) is 5.91 Å². The van der Waals surface area contributed by atoms with Crippen molar-refractivity contribution < 1.29 is 14.3 Å². The summed E-state index contributed by atoms with van der Waals surface area (Å²) in [7, 11) is 0. The van der Waals surface area contributed by atoms with Gasteiger partial charge in [-0.25, -0.2) is 4.98 Å². The van der Waals surface area contributed by atoms with Crippen molar-refractivity contribution in [3.63, 3.8) is 0 Å². The quantitative estimate of drug-likeness (QED) is 0.682. The number of rotatable bonds is 6. The first-order chi connectivity index (χ1) is 12.6. The Hall–Kier alpha value is -1.33. The highest BCUT2D eigenvalue weighted by Gasteiger charge is 2.17. The third-order valence-corrected chi connectivity index (χ3v) is 6.72. The van der Waals surface area contributed by atoms with Crippen molar-refractivity contribution in [1.82, 2.24) is 15.8 Å². The summed E-state index contributed by atoms with van der Waals surface area (Å²) in [5.41, 5.74) is 5.10. The number of thiophene rings is 1. The van der Waals surface area contributed by atoms with Crippen LogP contribution in [0.15, 0.2) is 17.5 Å². The van der Waals surface area contributed by atoms with Crippen LogP contribution in [0.2, 0.25) is 4.34 Å². The van der Waals surface area contributed by atoms with Gasteiger partial charge in [0.25, 0.3) is 5.91 Å². The zero-order valence-corrected chi connectivity index (χ0v) is 16.9. The minimum Gasteiger partial charge on any atom is -0.378 e. The Kier molecular flexibility index (Phi) is 7.15. The fourth-order valence-corrected chi connectivity index (χ4v) is 5.05. The van der Waals surface area contributed by atoms with Crippen LogP contribution >= 0.6 is 46.0 Å². The van der Waals surface area contributed by atoms with E-state index in [0.717, 1.165) is 27.4 Å². The molecule has 0 aromatic carbocycles. The van der Waals surface area contributed by atoms with E-state index >= 15 is 0 Å². The van der Waals surface area contributed by atoms with E-state index in [1.807, 2.05) is 12.1 Å². The molecule has 1 aliphatic rings. The van der Waals surface area contributed by atoms with Crippen LogP contribution < -0.4 is 15.8 Å². The van der Waals surface area contributed by atoms with Gasteiger partial charge < -0.3 is 9.64 Å². The van der Waals surface area contributed by atoms with E-state index < -0.39 is 5.91 Å². The third kappa shape index (κ3) is 5.58. The van der Waals surface area contributed by atoms with Gasteiger partial charge in [0.1, 0.15) is 5.69 Å². The van der Waals surface area contributed by atoms with Crippen LogP contribution in [-0.2, 0) is 15.3 Å². The highest BCUT2D eigenvalue weighted by molar-refractivity contribution is 7.99. The lowest BCUT2D eigenvalue weighted by atomic mass is 10.4. The first-order valence-electron chi connectivity index (χ1n) is 7.81. The van der Waals surface area contributed by atoms with Crippen LogP contribution in [-0.4, -0.2) is 48.9 Å². The minimum atomic E-state index is -0.427. The molecule has 140 valence electrons. The van der Waals surface area contributed by atoms with Crippen molar-refractivity contribution in [3.05, 3.63) is 32.4 Å². The van der Waals surface area contributed by atoms with Crippen molar-refractivity contribution in [1.29, 1.82) is 0 Å². The van der Waals surface area contributed by atoms with E-state index in [0.29, 0.717) is 19.0 Å². The smallest absolute Gasteiger partial charge is 0.289 e. The summed E-state index contributed by atoms with van der Waals surface area (Å²) < 4.78 is 6.04. The van der Waals surface area contributed by atoms with E-state index in [-0.39, 0.29) is 17.4 Å². The molecule has 2 aromatic rings. The maximum atomic E-state index is 12.1. The number of thiazole rings is 1. The van der Waals surface area contributed by atoms with Crippen molar-refractivity contribution in [2.45, 2.75) is 5.75 Å². The number of aromatic nitrogens is 1. The molecule has 2 aromatic heterocycles. The van der Waals surface area contributed by atoms with Crippen LogP contribution in [0, 0.1) is 0 Å². The molecule has 0 aliphatic carbocycles. The fraction of sp³-hybridized carbons (Fsp3) is 0.400. The summed E-state index contributed by atoms with van der Waals surface area (Å²) in [6.45, 7) is 2.84. The van der Waals surface area contributed by atoms with E-state index in [1.165, 1.54) is 34.4 Å². The number of amides is 2. The molecule has 26 heavy (non-hydrogen) atoms. The van der Waals surface area contributed by atoms with Gasteiger partial charge in [-0.1, -0.05) is 11.6 Å². The Labute approximate surface area is 168 Å². The average Bonchev–Trinajstić information content (AvgIpc) is 3.30. The molecular weight excluding hydrogens is 416 g/mol.